The number of aromatic nitrogens is 1. The van der Waals surface area contributed by atoms with E-state index in [-0.39, 0.29) is 11.9 Å². The Labute approximate surface area is 185 Å². The molecule has 0 saturated heterocycles. The van der Waals surface area contributed by atoms with Crippen LogP contribution in [0.3, 0.4) is 0 Å². The molecule has 2 saturated carbocycles. The molecular weight excluding hydrogens is 386 g/mol. The molecule has 0 bridgehead atoms. The number of pyridine rings is 1. The topological polar surface area (TPSA) is 54.5 Å². The lowest BCUT2D eigenvalue weighted by Crippen LogP contribution is -2.38. The molecule has 5 nitrogen and oxygen atoms in total. The summed E-state index contributed by atoms with van der Waals surface area (Å²) in [6, 6.07) is 10.6. The number of rotatable bonds is 9. The van der Waals surface area contributed by atoms with Crippen molar-refractivity contribution in [3.63, 3.8) is 0 Å². The first-order chi connectivity index (χ1) is 15.2. The molecule has 1 atom stereocenters. The lowest BCUT2D eigenvalue weighted by molar-refractivity contribution is 0.0731. The molecule has 1 aromatic heterocycles. The highest BCUT2D eigenvalue weighted by Crippen LogP contribution is 2.30. The van der Waals surface area contributed by atoms with E-state index in [1.54, 1.807) is 12.3 Å². The van der Waals surface area contributed by atoms with Crippen LogP contribution in [-0.2, 0) is 19.4 Å². The predicted molar refractivity (Wildman–Crippen MR) is 121 cm³/mol. The van der Waals surface area contributed by atoms with Crippen LogP contribution in [0, 0.1) is 11.8 Å². The van der Waals surface area contributed by atoms with Gasteiger partial charge < -0.3 is 15.0 Å². The normalized spacial score (nSPS) is 20.2. The highest BCUT2D eigenvalue weighted by Gasteiger charge is 2.29. The van der Waals surface area contributed by atoms with Gasteiger partial charge in [0.05, 0.1) is 12.8 Å². The zero-order valence-electron chi connectivity index (χ0n) is 18.5. The minimum atomic E-state index is -0.0195. The quantitative estimate of drug-likeness (QED) is 0.668. The molecule has 5 heteroatoms. The van der Waals surface area contributed by atoms with Crippen molar-refractivity contribution in [1.82, 2.24) is 15.2 Å². The van der Waals surface area contributed by atoms with E-state index in [2.05, 4.69) is 28.5 Å². The molecule has 0 aliphatic heterocycles. The minimum absolute atomic E-state index is 0.0195. The fourth-order valence-corrected chi connectivity index (χ4v) is 4.59. The molecule has 164 valence electrons. The van der Waals surface area contributed by atoms with Crippen molar-refractivity contribution in [3.8, 4) is 5.75 Å². The number of likely N-dealkylation sites (N-methyl/N-ethyl adjacent to an activating group) is 1. The summed E-state index contributed by atoms with van der Waals surface area (Å²) in [4.78, 5) is 19.2. The average Bonchev–Trinajstić information content (AvgIpc) is 3.50. The van der Waals surface area contributed by atoms with Gasteiger partial charge in [-0.05, 0) is 85.7 Å². The van der Waals surface area contributed by atoms with Crippen LogP contribution in [0.2, 0.25) is 0 Å². The highest BCUT2D eigenvalue weighted by atomic mass is 16.5. The van der Waals surface area contributed by atoms with Crippen molar-refractivity contribution in [2.75, 3.05) is 20.2 Å². The van der Waals surface area contributed by atoms with E-state index >= 15 is 0 Å². The maximum Gasteiger partial charge on any atom is 0.272 e. The van der Waals surface area contributed by atoms with E-state index in [1.165, 1.54) is 48.8 Å². The molecule has 0 spiro atoms. The van der Waals surface area contributed by atoms with Gasteiger partial charge in [-0.1, -0.05) is 24.6 Å². The van der Waals surface area contributed by atoms with E-state index < -0.39 is 0 Å². The molecule has 1 N–H and O–H groups in total. The van der Waals surface area contributed by atoms with Crippen LogP contribution in [-0.4, -0.2) is 42.0 Å². The van der Waals surface area contributed by atoms with Gasteiger partial charge in [0.1, 0.15) is 11.4 Å². The summed E-state index contributed by atoms with van der Waals surface area (Å²) in [5, 5.41) is 3.61. The minimum Gasteiger partial charge on any atom is -0.492 e. The number of amides is 1. The summed E-state index contributed by atoms with van der Waals surface area (Å²) in [5.74, 6) is 2.31. The van der Waals surface area contributed by atoms with E-state index in [1.807, 2.05) is 18.0 Å². The molecule has 0 radical (unpaired) electrons. The summed E-state index contributed by atoms with van der Waals surface area (Å²) in [5.41, 5.74) is 4.57. The van der Waals surface area contributed by atoms with E-state index in [0.717, 1.165) is 44.2 Å². The number of carbonyl (C=O) groups is 1. The van der Waals surface area contributed by atoms with Crippen molar-refractivity contribution in [2.45, 2.75) is 57.5 Å². The first-order valence-corrected chi connectivity index (χ1v) is 11.8. The number of nitrogens with zero attached hydrogens (tertiary/aromatic N) is 2. The van der Waals surface area contributed by atoms with Gasteiger partial charge in [-0.2, -0.15) is 0 Å². The molecule has 2 fully saturated rings. The maximum absolute atomic E-state index is 13.0. The first-order valence-electron chi connectivity index (χ1n) is 11.8. The number of carbonyl (C=O) groups excluding carboxylic acids is 1. The van der Waals surface area contributed by atoms with E-state index in [9.17, 15) is 4.79 Å². The molecule has 1 heterocycles. The predicted octanol–water partition coefficient (Wildman–Crippen LogP) is 4.00. The second-order valence-corrected chi connectivity index (χ2v) is 9.64. The van der Waals surface area contributed by atoms with Crippen LogP contribution in [0.5, 0.6) is 5.75 Å². The van der Waals surface area contributed by atoms with Gasteiger partial charge >= 0.3 is 0 Å². The highest BCUT2D eigenvalue weighted by molar-refractivity contribution is 5.92. The van der Waals surface area contributed by atoms with Gasteiger partial charge in [0.25, 0.3) is 5.91 Å². The smallest absolute Gasteiger partial charge is 0.272 e. The summed E-state index contributed by atoms with van der Waals surface area (Å²) in [7, 11) is 1.90. The second-order valence-electron chi connectivity index (χ2n) is 9.64. The Kier molecular flexibility index (Phi) is 5.95. The Morgan fingerprint density at radius 1 is 1.10 bits per heavy atom. The van der Waals surface area contributed by atoms with E-state index in [0.29, 0.717) is 11.6 Å². The third-order valence-electron chi connectivity index (χ3n) is 7.17. The molecular formula is C26H33N3O2. The molecule has 2 aromatic rings. The van der Waals surface area contributed by atoms with Crippen LogP contribution in [0.1, 0.15) is 59.3 Å². The summed E-state index contributed by atoms with van der Waals surface area (Å²) in [6.45, 7) is 2.82. The standard InChI is InChI=1S/C26H33N3O2/c1-29(26(30)25-10-9-24(16-28-25)31-17-19-5-6-19)23-12-21-8-7-20(11-22(21)13-23)15-27-14-18-3-2-4-18/h7-11,16,18-19,23,27H,2-6,12-15,17H2,1H3. The largest absolute Gasteiger partial charge is 0.492 e. The molecule has 1 unspecified atom stereocenters. The zero-order chi connectivity index (χ0) is 21.2. The number of fused-ring (bicyclic) bond motifs is 1. The van der Waals surface area contributed by atoms with Crippen molar-refractivity contribution < 1.29 is 9.53 Å². The summed E-state index contributed by atoms with van der Waals surface area (Å²) in [6.07, 6.45) is 10.2. The Balaban J connectivity index is 1.15. The van der Waals surface area contributed by atoms with Gasteiger partial charge in [-0.3, -0.25) is 4.79 Å². The molecule has 5 rings (SSSR count). The maximum atomic E-state index is 13.0. The Bertz CT molecular complexity index is 919. The summed E-state index contributed by atoms with van der Waals surface area (Å²) < 4.78 is 5.74. The fraction of sp³-hybridized carbons (Fsp3) is 0.538. The molecule has 3 aliphatic rings. The molecule has 3 aliphatic carbocycles. The van der Waals surface area contributed by atoms with Gasteiger partial charge in [0.15, 0.2) is 0 Å². The number of nitrogens with one attached hydrogen (secondary N) is 1. The number of benzene rings is 1. The van der Waals surface area contributed by atoms with Crippen molar-refractivity contribution in [2.24, 2.45) is 11.8 Å². The van der Waals surface area contributed by atoms with Crippen LogP contribution < -0.4 is 10.1 Å². The third kappa shape index (κ3) is 4.93. The van der Waals surface area contributed by atoms with Crippen LogP contribution in [0.15, 0.2) is 36.5 Å². The first kappa shape index (κ1) is 20.5. The monoisotopic (exact) mass is 419 g/mol. The third-order valence-corrected chi connectivity index (χ3v) is 7.17. The van der Waals surface area contributed by atoms with Crippen molar-refractivity contribution in [3.05, 3.63) is 58.9 Å². The second kappa shape index (κ2) is 8.99. The van der Waals surface area contributed by atoms with Gasteiger partial charge in [-0.25, -0.2) is 4.98 Å². The van der Waals surface area contributed by atoms with Crippen molar-refractivity contribution >= 4 is 5.91 Å². The Hall–Kier alpha value is -2.40. The molecule has 1 amide bonds. The fourth-order valence-electron chi connectivity index (χ4n) is 4.59. The zero-order valence-corrected chi connectivity index (χ0v) is 18.5. The Morgan fingerprint density at radius 2 is 1.94 bits per heavy atom. The molecule has 1 aromatic carbocycles. The SMILES string of the molecule is CN(C(=O)c1ccc(OCC2CC2)cn1)C1Cc2ccc(CNCC3CCC3)cc2C1. The van der Waals surface area contributed by atoms with Gasteiger partial charge in [0.2, 0.25) is 0 Å². The van der Waals surface area contributed by atoms with Crippen LogP contribution in [0.25, 0.3) is 0 Å². The number of hydrogen-bond donors (Lipinski definition) is 1. The Morgan fingerprint density at radius 3 is 2.65 bits per heavy atom. The molecule has 31 heavy (non-hydrogen) atoms. The number of hydrogen-bond acceptors (Lipinski definition) is 4. The van der Waals surface area contributed by atoms with Gasteiger partial charge in [-0.15, -0.1) is 0 Å². The van der Waals surface area contributed by atoms with Gasteiger partial charge in [0, 0.05) is 19.6 Å². The lowest BCUT2D eigenvalue weighted by Gasteiger charge is -2.25. The van der Waals surface area contributed by atoms with Crippen LogP contribution >= 0.6 is 0 Å². The van der Waals surface area contributed by atoms with Crippen molar-refractivity contribution in [1.29, 1.82) is 0 Å². The summed E-state index contributed by atoms with van der Waals surface area (Å²) >= 11 is 0. The van der Waals surface area contributed by atoms with E-state index in [4.69, 9.17) is 4.74 Å². The number of ether oxygens (including phenoxy) is 1. The average molecular weight is 420 g/mol. The van der Waals surface area contributed by atoms with Crippen LogP contribution in [0.4, 0.5) is 0 Å². The lowest BCUT2D eigenvalue weighted by atomic mass is 9.85.